The number of nitrogens with zero attached hydrogens (tertiary/aromatic N) is 1. The molecule has 2 unspecified atom stereocenters. The van der Waals surface area contributed by atoms with Gasteiger partial charge in [0.05, 0.1) is 29.5 Å². The third-order valence-corrected chi connectivity index (χ3v) is 6.38. The van der Waals surface area contributed by atoms with Crippen LogP contribution in [0.3, 0.4) is 0 Å². The van der Waals surface area contributed by atoms with Crippen LogP contribution in [0.1, 0.15) is 53.8 Å². The van der Waals surface area contributed by atoms with Crippen molar-refractivity contribution >= 4 is 23.0 Å². The van der Waals surface area contributed by atoms with Gasteiger partial charge in [0.1, 0.15) is 22.9 Å². The summed E-state index contributed by atoms with van der Waals surface area (Å²) in [5, 5.41) is 19.4. The molecule has 2 atom stereocenters. The lowest BCUT2D eigenvalue weighted by Crippen LogP contribution is -2.39. The van der Waals surface area contributed by atoms with Gasteiger partial charge in [-0.25, -0.2) is 0 Å². The fourth-order valence-electron chi connectivity index (χ4n) is 4.52. The molecule has 0 saturated carbocycles. The van der Waals surface area contributed by atoms with E-state index < -0.39 is 17.1 Å². The monoisotopic (exact) mass is 474 g/mol. The third kappa shape index (κ3) is 3.83. The number of hydrogen-bond donors (Lipinski definition) is 4. The zero-order valence-electron chi connectivity index (χ0n) is 19.6. The maximum Gasteiger partial charge on any atom is 0.260 e. The Labute approximate surface area is 201 Å². The van der Waals surface area contributed by atoms with Crippen molar-refractivity contribution in [3.63, 3.8) is 0 Å². The molecule has 180 valence electrons. The van der Waals surface area contributed by atoms with Gasteiger partial charge in [-0.2, -0.15) is 0 Å². The number of amides is 1. The number of nitrogens with one attached hydrogen (secondary N) is 3. The van der Waals surface area contributed by atoms with Gasteiger partial charge in [-0.05, 0) is 55.7 Å². The Bertz CT molecular complexity index is 1460. The Kier molecular flexibility index (Phi) is 5.56. The molecule has 0 spiro atoms. The van der Waals surface area contributed by atoms with Crippen molar-refractivity contribution in [2.75, 3.05) is 10.6 Å². The molecule has 1 aromatic heterocycles. The number of aliphatic hydroxyl groups excluding tert-OH is 1. The second-order valence-corrected chi connectivity index (χ2v) is 8.84. The lowest BCUT2D eigenvalue weighted by atomic mass is 10.1. The van der Waals surface area contributed by atoms with Crippen LogP contribution >= 0.6 is 0 Å². The van der Waals surface area contributed by atoms with Crippen LogP contribution < -0.4 is 26.8 Å². The van der Waals surface area contributed by atoms with Gasteiger partial charge in [0.15, 0.2) is 6.23 Å². The fraction of sp³-hybridized carbons (Fsp3) is 0.269. The minimum Gasteiger partial charge on any atom is -0.464 e. The molecule has 5 rings (SSSR count). The van der Waals surface area contributed by atoms with Gasteiger partial charge in [-0.1, -0.05) is 19.1 Å². The first-order chi connectivity index (χ1) is 16.8. The van der Waals surface area contributed by atoms with Gasteiger partial charge in [-0.3, -0.25) is 14.4 Å². The number of hydrogen-bond acceptors (Lipinski definition) is 8. The lowest BCUT2D eigenvalue weighted by Gasteiger charge is -2.27. The molecular formula is C26H26N4O5. The number of rotatable bonds is 7. The summed E-state index contributed by atoms with van der Waals surface area (Å²) in [7, 11) is 0. The number of furan rings is 1. The van der Waals surface area contributed by atoms with E-state index in [4.69, 9.17) is 4.42 Å². The molecule has 9 nitrogen and oxygen atoms in total. The summed E-state index contributed by atoms with van der Waals surface area (Å²) in [6, 6.07) is 8.71. The Morgan fingerprint density at radius 3 is 2.63 bits per heavy atom. The van der Waals surface area contributed by atoms with Crippen molar-refractivity contribution in [2.45, 2.75) is 46.0 Å². The van der Waals surface area contributed by atoms with Gasteiger partial charge in [0.2, 0.25) is 0 Å². The van der Waals surface area contributed by atoms with Gasteiger partial charge in [0.25, 0.3) is 16.8 Å². The molecule has 2 aliphatic rings. The van der Waals surface area contributed by atoms with Crippen molar-refractivity contribution < 1.29 is 14.3 Å². The van der Waals surface area contributed by atoms with Gasteiger partial charge in [0, 0.05) is 6.20 Å². The molecule has 0 saturated heterocycles. The fourth-order valence-corrected chi connectivity index (χ4v) is 4.52. The summed E-state index contributed by atoms with van der Waals surface area (Å²) in [6.45, 7) is 5.94. The Morgan fingerprint density at radius 2 is 1.91 bits per heavy atom. The molecule has 3 heterocycles. The van der Waals surface area contributed by atoms with E-state index in [-0.39, 0.29) is 29.9 Å². The van der Waals surface area contributed by atoms with Crippen LogP contribution in [0.2, 0.25) is 0 Å². The normalized spacial score (nSPS) is 18.1. The molecule has 0 bridgehead atoms. The summed E-state index contributed by atoms with van der Waals surface area (Å²) in [5.74, 6) is 1.13. The second-order valence-electron chi connectivity index (χ2n) is 8.84. The third-order valence-electron chi connectivity index (χ3n) is 6.38. The highest BCUT2D eigenvalue weighted by molar-refractivity contribution is 6.05. The van der Waals surface area contributed by atoms with Crippen molar-refractivity contribution in [1.82, 2.24) is 10.2 Å². The number of carbonyl (C=O) groups is 1. The Morgan fingerprint density at radius 1 is 1.14 bits per heavy atom. The average Bonchev–Trinajstić information content (AvgIpc) is 3.43. The summed E-state index contributed by atoms with van der Waals surface area (Å²) in [6.07, 6.45) is 3.08. The van der Waals surface area contributed by atoms with E-state index in [9.17, 15) is 19.5 Å². The number of carbonyl (C=O) groups excluding carboxylic acids is 1. The molecule has 0 fully saturated rings. The smallest absolute Gasteiger partial charge is 0.260 e. The molecule has 0 radical (unpaired) electrons. The number of anilines is 3. The van der Waals surface area contributed by atoms with Gasteiger partial charge >= 0.3 is 0 Å². The van der Waals surface area contributed by atoms with Crippen LogP contribution in [-0.4, -0.2) is 22.1 Å². The molecule has 0 aliphatic carbocycles. The van der Waals surface area contributed by atoms with Crippen molar-refractivity contribution in [3.8, 4) is 0 Å². The number of allylic oxidation sites excluding steroid dienone is 2. The second kappa shape index (κ2) is 8.59. The predicted molar refractivity (Wildman–Crippen MR) is 132 cm³/mol. The van der Waals surface area contributed by atoms with E-state index in [1.54, 1.807) is 24.4 Å². The quantitative estimate of drug-likeness (QED) is 0.385. The highest BCUT2D eigenvalue weighted by Crippen LogP contribution is 2.35. The molecule has 4 N–H and O–H groups in total. The first-order valence-corrected chi connectivity index (χ1v) is 11.5. The topological polar surface area (TPSA) is 124 Å². The number of aliphatic hydroxyl groups is 1. The molecule has 3 aromatic rings. The van der Waals surface area contributed by atoms with Crippen LogP contribution in [0.15, 0.2) is 67.9 Å². The Hall–Kier alpha value is -4.11. The summed E-state index contributed by atoms with van der Waals surface area (Å²) in [4.78, 5) is 39.8. The SMILES string of the molecule is CCC(Nc1c(Nc2cccc3c2C(=O)N(C2=CC(C)=CNC2O)C3)c(=O)c1=O)c1ccc(C)o1. The summed E-state index contributed by atoms with van der Waals surface area (Å²) in [5.41, 5.74) is 1.95. The molecule has 2 aromatic carbocycles. The lowest BCUT2D eigenvalue weighted by molar-refractivity contribution is 0.0747. The minimum absolute atomic E-state index is 0.119. The first-order valence-electron chi connectivity index (χ1n) is 11.5. The van der Waals surface area contributed by atoms with E-state index in [1.807, 2.05) is 39.0 Å². The molecule has 9 heteroatoms. The molecule has 35 heavy (non-hydrogen) atoms. The van der Waals surface area contributed by atoms with E-state index in [2.05, 4.69) is 16.0 Å². The molecular weight excluding hydrogens is 448 g/mol. The summed E-state index contributed by atoms with van der Waals surface area (Å²) < 4.78 is 5.70. The van der Waals surface area contributed by atoms with Crippen LogP contribution in [0.4, 0.5) is 17.1 Å². The van der Waals surface area contributed by atoms with Crippen molar-refractivity contribution in [1.29, 1.82) is 0 Å². The number of benzene rings is 1. The zero-order chi connectivity index (χ0) is 24.9. The molecule has 2 aliphatic heterocycles. The van der Waals surface area contributed by atoms with Crippen LogP contribution in [0.5, 0.6) is 0 Å². The van der Waals surface area contributed by atoms with E-state index in [1.165, 1.54) is 4.90 Å². The van der Waals surface area contributed by atoms with Crippen LogP contribution in [-0.2, 0) is 6.54 Å². The van der Waals surface area contributed by atoms with Crippen LogP contribution in [0, 0.1) is 6.92 Å². The number of fused-ring (bicyclic) bond motifs is 1. The standard InChI is InChI=1S/C26H26N4O5/c1-4-16(19-9-8-14(3)35-19)28-21-22(24(32)23(21)31)29-17-7-5-6-15-12-30(26(34)20(15)17)18-10-13(2)11-27-25(18)33/h5-11,16,25,27-29,33H,4,12H2,1-3H3. The van der Waals surface area contributed by atoms with Gasteiger partial charge < -0.3 is 30.4 Å². The maximum atomic E-state index is 13.4. The minimum atomic E-state index is -1.01. The summed E-state index contributed by atoms with van der Waals surface area (Å²) >= 11 is 0. The van der Waals surface area contributed by atoms with Crippen molar-refractivity contribution in [2.24, 2.45) is 0 Å². The number of dihydropyridines is 1. The maximum absolute atomic E-state index is 13.4. The number of aryl methyl sites for hydroxylation is 1. The van der Waals surface area contributed by atoms with Crippen molar-refractivity contribution in [3.05, 3.63) is 97.0 Å². The van der Waals surface area contributed by atoms with E-state index in [0.29, 0.717) is 29.1 Å². The molecule has 1 amide bonds. The average molecular weight is 475 g/mol. The van der Waals surface area contributed by atoms with Gasteiger partial charge in [-0.15, -0.1) is 0 Å². The highest BCUT2D eigenvalue weighted by atomic mass is 16.3. The Balaban J connectivity index is 1.44. The zero-order valence-corrected chi connectivity index (χ0v) is 19.6. The highest BCUT2D eigenvalue weighted by Gasteiger charge is 2.36. The van der Waals surface area contributed by atoms with E-state index in [0.717, 1.165) is 16.9 Å². The van der Waals surface area contributed by atoms with Crippen LogP contribution in [0.25, 0.3) is 0 Å². The first kappa shape index (κ1) is 22.7. The largest absolute Gasteiger partial charge is 0.464 e. The predicted octanol–water partition coefficient (Wildman–Crippen LogP) is 3.16. The van der Waals surface area contributed by atoms with E-state index >= 15 is 0 Å².